The quantitative estimate of drug-likeness (QED) is 0.780. The first kappa shape index (κ1) is 18.4. The van der Waals surface area contributed by atoms with Gasteiger partial charge in [-0.1, -0.05) is 18.2 Å². The summed E-state index contributed by atoms with van der Waals surface area (Å²) in [5.74, 6) is -0.347. The Morgan fingerprint density at radius 3 is 2.67 bits per heavy atom. The van der Waals surface area contributed by atoms with E-state index >= 15 is 0 Å². The van der Waals surface area contributed by atoms with E-state index in [1.807, 2.05) is 17.5 Å². The average Bonchev–Trinajstić information content (AvgIpc) is 3.11. The number of thiophene rings is 1. The maximum atomic E-state index is 12.5. The lowest BCUT2D eigenvalue weighted by molar-refractivity contribution is 0.0931. The van der Waals surface area contributed by atoms with Gasteiger partial charge in [0.1, 0.15) is 0 Å². The second kappa shape index (κ2) is 8.82. The lowest BCUT2D eigenvalue weighted by Gasteiger charge is -2.24. The second-order valence-electron chi connectivity index (χ2n) is 5.49. The Morgan fingerprint density at radius 1 is 1.12 bits per heavy atom. The minimum absolute atomic E-state index is 0. The Kier molecular flexibility index (Phi) is 6.78. The molecule has 1 aliphatic rings. The minimum Gasteiger partial charge on any atom is -0.348 e. The molecular weight excluding hydrogens is 346 g/mol. The number of benzene rings is 1. The average molecular weight is 366 g/mol. The zero-order chi connectivity index (χ0) is 16.1. The summed E-state index contributed by atoms with van der Waals surface area (Å²) in [6.07, 6.45) is 2.03. The fourth-order valence-corrected chi connectivity index (χ4v) is 3.24. The van der Waals surface area contributed by atoms with E-state index in [0.29, 0.717) is 16.1 Å². The van der Waals surface area contributed by atoms with Gasteiger partial charge >= 0.3 is 0 Å². The number of carbonyl (C=O) groups is 2. The van der Waals surface area contributed by atoms with Gasteiger partial charge in [0.05, 0.1) is 16.1 Å². The van der Waals surface area contributed by atoms with Crippen LogP contribution in [-0.4, -0.2) is 30.9 Å². The lowest BCUT2D eigenvalue weighted by atomic mass is 10.1. The summed E-state index contributed by atoms with van der Waals surface area (Å²) in [6.45, 7) is 1.79. The molecule has 1 aromatic heterocycles. The van der Waals surface area contributed by atoms with Crippen molar-refractivity contribution in [2.45, 2.75) is 18.9 Å². The van der Waals surface area contributed by atoms with Crippen LogP contribution < -0.4 is 16.0 Å². The van der Waals surface area contributed by atoms with Crippen LogP contribution in [0.2, 0.25) is 0 Å². The molecule has 2 amide bonds. The highest BCUT2D eigenvalue weighted by atomic mass is 35.5. The van der Waals surface area contributed by atoms with Crippen LogP contribution in [0.15, 0.2) is 41.8 Å². The van der Waals surface area contributed by atoms with Gasteiger partial charge in [0.15, 0.2) is 0 Å². The Morgan fingerprint density at radius 2 is 1.96 bits per heavy atom. The third kappa shape index (κ3) is 4.56. The molecule has 3 N–H and O–H groups in total. The van der Waals surface area contributed by atoms with Crippen LogP contribution in [0.5, 0.6) is 0 Å². The molecule has 0 saturated carbocycles. The molecular formula is C17H20ClN3O2S. The van der Waals surface area contributed by atoms with Gasteiger partial charge in [-0.2, -0.15) is 0 Å². The third-order valence-electron chi connectivity index (χ3n) is 3.80. The molecule has 128 valence electrons. The smallest absolute Gasteiger partial charge is 0.265 e. The largest absolute Gasteiger partial charge is 0.348 e. The highest BCUT2D eigenvalue weighted by Crippen LogP contribution is 2.18. The monoisotopic (exact) mass is 365 g/mol. The number of hydrogen-bond acceptors (Lipinski definition) is 4. The summed E-state index contributed by atoms with van der Waals surface area (Å²) < 4.78 is 0. The summed E-state index contributed by atoms with van der Waals surface area (Å²) in [5, 5.41) is 11.0. The van der Waals surface area contributed by atoms with Gasteiger partial charge < -0.3 is 16.0 Å². The van der Waals surface area contributed by atoms with Crippen molar-refractivity contribution < 1.29 is 9.59 Å². The first-order valence-corrected chi connectivity index (χ1v) is 8.57. The number of anilines is 1. The fraction of sp³-hybridized carbons (Fsp3) is 0.294. The van der Waals surface area contributed by atoms with Crippen molar-refractivity contribution in [1.29, 1.82) is 0 Å². The SMILES string of the molecule is Cl.O=C(Nc1ccccc1C(=O)N[C@H]1CCCNC1)c1cccs1. The molecule has 0 unspecified atom stereocenters. The zero-order valence-corrected chi connectivity index (χ0v) is 14.7. The first-order chi connectivity index (χ1) is 11.2. The summed E-state index contributed by atoms with van der Waals surface area (Å²) in [7, 11) is 0. The molecule has 0 radical (unpaired) electrons. The Balaban J connectivity index is 0.00000208. The van der Waals surface area contributed by atoms with Crippen LogP contribution >= 0.6 is 23.7 Å². The standard InChI is InChI=1S/C17H19N3O2S.ClH/c21-16(19-12-5-3-9-18-11-12)13-6-1-2-7-14(13)20-17(22)15-8-4-10-23-15;/h1-2,4,6-8,10,12,18H,3,5,9,11H2,(H,19,21)(H,20,22);1H/t12-;/m0./s1. The van der Waals surface area contributed by atoms with Gasteiger partial charge in [-0.15, -0.1) is 23.7 Å². The molecule has 2 aromatic rings. The van der Waals surface area contributed by atoms with Crippen LogP contribution in [0.1, 0.15) is 32.9 Å². The van der Waals surface area contributed by atoms with Gasteiger partial charge in [-0.3, -0.25) is 9.59 Å². The summed E-state index contributed by atoms with van der Waals surface area (Å²) in [6, 6.07) is 10.8. The molecule has 24 heavy (non-hydrogen) atoms. The third-order valence-corrected chi connectivity index (χ3v) is 4.67. The number of para-hydroxylation sites is 1. The minimum atomic E-state index is -0.195. The molecule has 1 fully saturated rings. The van der Waals surface area contributed by atoms with Crippen LogP contribution in [0.25, 0.3) is 0 Å². The predicted molar refractivity (Wildman–Crippen MR) is 99.3 cm³/mol. The van der Waals surface area contributed by atoms with Gasteiger partial charge in [0.2, 0.25) is 0 Å². The van der Waals surface area contributed by atoms with Crippen molar-refractivity contribution in [2.24, 2.45) is 0 Å². The lowest BCUT2D eigenvalue weighted by Crippen LogP contribution is -2.45. The topological polar surface area (TPSA) is 70.2 Å². The van der Waals surface area contributed by atoms with E-state index in [1.54, 1.807) is 24.3 Å². The number of amides is 2. The normalized spacial score (nSPS) is 16.8. The van der Waals surface area contributed by atoms with Gasteiger partial charge in [-0.25, -0.2) is 0 Å². The number of hydrogen-bond donors (Lipinski definition) is 3. The van der Waals surface area contributed by atoms with Crippen molar-refractivity contribution in [3.05, 3.63) is 52.2 Å². The van der Waals surface area contributed by atoms with E-state index in [0.717, 1.165) is 25.9 Å². The number of rotatable bonds is 4. The second-order valence-corrected chi connectivity index (χ2v) is 6.44. The molecule has 1 aromatic carbocycles. The van der Waals surface area contributed by atoms with Gasteiger partial charge in [0.25, 0.3) is 11.8 Å². The van der Waals surface area contributed by atoms with Crippen molar-refractivity contribution in [1.82, 2.24) is 10.6 Å². The molecule has 0 bridgehead atoms. The first-order valence-electron chi connectivity index (χ1n) is 7.69. The van der Waals surface area contributed by atoms with E-state index in [1.165, 1.54) is 11.3 Å². The number of nitrogens with one attached hydrogen (secondary N) is 3. The molecule has 5 nitrogen and oxygen atoms in total. The maximum Gasteiger partial charge on any atom is 0.265 e. The Bertz CT molecular complexity index is 685. The number of halogens is 1. The van der Waals surface area contributed by atoms with E-state index in [-0.39, 0.29) is 30.3 Å². The molecule has 2 heterocycles. The van der Waals surface area contributed by atoms with E-state index < -0.39 is 0 Å². The van der Waals surface area contributed by atoms with Gasteiger partial charge in [0, 0.05) is 12.6 Å². The molecule has 1 aliphatic heterocycles. The number of piperidine rings is 1. The summed E-state index contributed by atoms with van der Waals surface area (Å²) in [4.78, 5) is 25.3. The molecule has 0 spiro atoms. The molecule has 1 saturated heterocycles. The van der Waals surface area contributed by atoms with Crippen LogP contribution in [-0.2, 0) is 0 Å². The van der Waals surface area contributed by atoms with Crippen LogP contribution in [0.4, 0.5) is 5.69 Å². The molecule has 3 rings (SSSR count). The van der Waals surface area contributed by atoms with E-state index in [2.05, 4.69) is 16.0 Å². The van der Waals surface area contributed by atoms with Gasteiger partial charge in [-0.05, 0) is 43.0 Å². The van der Waals surface area contributed by atoms with Crippen molar-refractivity contribution in [3.8, 4) is 0 Å². The Hall–Kier alpha value is -1.89. The van der Waals surface area contributed by atoms with Crippen molar-refractivity contribution >= 4 is 41.2 Å². The van der Waals surface area contributed by atoms with Crippen molar-refractivity contribution in [3.63, 3.8) is 0 Å². The van der Waals surface area contributed by atoms with E-state index in [9.17, 15) is 9.59 Å². The molecule has 0 aliphatic carbocycles. The van der Waals surface area contributed by atoms with E-state index in [4.69, 9.17) is 0 Å². The number of carbonyl (C=O) groups excluding carboxylic acids is 2. The summed E-state index contributed by atoms with van der Waals surface area (Å²) in [5.41, 5.74) is 1.02. The zero-order valence-electron chi connectivity index (χ0n) is 13.1. The van der Waals surface area contributed by atoms with Crippen LogP contribution in [0.3, 0.4) is 0 Å². The molecule has 7 heteroatoms. The predicted octanol–water partition coefficient (Wildman–Crippen LogP) is 2.90. The molecule has 1 atom stereocenters. The fourth-order valence-electron chi connectivity index (χ4n) is 2.62. The van der Waals surface area contributed by atoms with Crippen LogP contribution in [0, 0.1) is 0 Å². The highest BCUT2D eigenvalue weighted by Gasteiger charge is 2.19. The summed E-state index contributed by atoms with van der Waals surface area (Å²) >= 11 is 1.37. The maximum absolute atomic E-state index is 12.5. The van der Waals surface area contributed by atoms with Crippen molar-refractivity contribution in [2.75, 3.05) is 18.4 Å². The highest BCUT2D eigenvalue weighted by molar-refractivity contribution is 7.12. The Labute approximate surface area is 151 Å².